The second-order valence-corrected chi connectivity index (χ2v) is 5.32. The molecule has 6 nitrogen and oxygen atoms in total. The Hall–Kier alpha value is -1.73. The molecule has 3 rings (SSSR count). The molecule has 19 heavy (non-hydrogen) atoms. The zero-order valence-corrected chi connectivity index (χ0v) is 11.3. The van der Waals surface area contributed by atoms with Gasteiger partial charge in [0.15, 0.2) is 0 Å². The van der Waals surface area contributed by atoms with Crippen molar-refractivity contribution in [3.63, 3.8) is 0 Å². The molecule has 0 atom stereocenters. The molecule has 0 aliphatic carbocycles. The number of hydrogen-bond acceptors (Lipinski definition) is 6. The van der Waals surface area contributed by atoms with Crippen molar-refractivity contribution in [3.05, 3.63) is 17.8 Å². The summed E-state index contributed by atoms with van der Waals surface area (Å²) in [6.45, 7) is 3.06. The van der Waals surface area contributed by atoms with Crippen LogP contribution in [-0.2, 0) is 4.79 Å². The lowest BCUT2D eigenvalue weighted by Crippen LogP contribution is -2.50. The number of rotatable bonds is 2. The Bertz CT molecular complexity index is 591. The van der Waals surface area contributed by atoms with Gasteiger partial charge in [0.05, 0.1) is 16.8 Å². The maximum absolute atomic E-state index is 11.5. The van der Waals surface area contributed by atoms with Gasteiger partial charge in [0.1, 0.15) is 12.1 Å². The van der Waals surface area contributed by atoms with Crippen molar-refractivity contribution < 1.29 is 4.79 Å². The highest BCUT2D eigenvalue weighted by molar-refractivity contribution is 7.17. The van der Waals surface area contributed by atoms with Crippen LogP contribution in [-0.4, -0.2) is 53.5 Å². The Morgan fingerprint density at radius 2 is 2.11 bits per heavy atom. The van der Waals surface area contributed by atoms with Crippen LogP contribution in [0.5, 0.6) is 0 Å². The van der Waals surface area contributed by atoms with E-state index in [-0.39, 0.29) is 12.5 Å². The van der Waals surface area contributed by atoms with Crippen molar-refractivity contribution >= 4 is 33.3 Å². The van der Waals surface area contributed by atoms with E-state index in [0.717, 1.165) is 29.1 Å². The third kappa shape index (κ3) is 2.26. The number of nitrogens with two attached hydrogens (primary N) is 1. The van der Waals surface area contributed by atoms with E-state index in [1.807, 2.05) is 16.3 Å². The van der Waals surface area contributed by atoms with Gasteiger partial charge in [0.25, 0.3) is 0 Å². The molecule has 7 heteroatoms. The Labute approximate surface area is 114 Å². The van der Waals surface area contributed by atoms with Crippen molar-refractivity contribution in [3.8, 4) is 0 Å². The predicted molar refractivity (Wildman–Crippen MR) is 75.3 cm³/mol. The maximum atomic E-state index is 11.5. The third-order valence-electron chi connectivity index (χ3n) is 3.33. The summed E-state index contributed by atoms with van der Waals surface area (Å²) >= 11 is 1.65. The van der Waals surface area contributed by atoms with Gasteiger partial charge in [0, 0.05) is 26.2 Å². The Morgan fingerprint density at radius 3 is 2.84 bits per heavy atom. The molecule has 0 radical (unpaired) electrons. The predicted octanol–water partition coefficient (Wildman–Crippen LogP) is 0.299. The number of fused-ring (bicyclic) bond motifs is 1. The molecule has 0 spiro atoms. The SMILES string of the molecule is NCC(=O)N1CCN(c2ncnc3ccsc23)CC1. The van der Waals surface area contributed by atoms with Gasteiger partial charge in [-0.1, -0.05) is 0 Å². The van der Waals surface area contributed by atoms with Crippen LogP contribution in [0.3, 0.4) is 0 Å². The minimum absolute atomic E-state index is 0.0172. The van der Waals surface area contributed by atoms with Crippen molar-refractivity contribution in [2.75, 3.05) is 37.6 Å². The number of nitrogens with zero attached hydrogens (tertiary/aromatic N) is 4. The standard InChI is InChI=1S/C12H15N5OS/c13-7-10(18)16-2-4-17(5-3-16)12-11-9(1-6-19-11)14-8-15-12/h1,6,8H,2-5,7,13H2. The molecule has 0 aromatic carbocycles. The van der Waals surface area contributed by atoms with Crippen molar-refractivity contribution in [2.24, 2.45) is 5.73 Å². The molecule has 1 fully saturated rings. The van der Waals surface area contributed by atoms with E-state index in [2.05, 4.69) is 14.9 Å². The number of carbonyl (C=O) groups is 1. The smallest absolute Gasteiger partial charge is 0.236 e. The molecule has 0 unspecified atom stereocenters. The molecule has 2 N–H and O–H groups in total. The summed E-state index contributed by atoms with van der Waals surface area (Å²) in [6, 6.07) is 2.00. The molecule has 1 saturated heterocycles. The van der Waals surface area contributed by atoms with Crippen LogP contribution >= 0.6 is 11.3 Å². The molecule has 1 amide bonds. The second kappa shape index (κ2) is 5.10. The van der Waals surface area contributed by atoms with Gasteiger partial charge >= 0.3 is 0 Å². The fourth-order valence-corrected chi connectivity index (χ4v) is 3.16. The lowest BCUT2D eigenvalue weighted by molar-refractivity contribution is -0.129. The minimum Gasteiger partial charge on any atom is -0.352 e. The van der Waals surface area contributed by atoms with E-state index in [4.69, 9.17) is 5.73 Å². The summed E-state index contributed by atoms with van der Waals surface area (Å²) < 4.78 is 1.11. The first-order valence-electron chi connectivity index (χ1n) is 6.20. The van der Waals surface area contributed by atoms with Gasteiger partial charge in [0.2, 0.25) is 5.91 Å². The van der Waals surface area contributed by atoms with Crippen LogP contribution in [0.4, 0.5) is 5.82 Å². The van der Waals surface area contributed by atoms with Gasteiger partial charge in [-0.05, 0) is 11.4 Å². The molecule has 100 valence electrons. The number of amides is 1. The van der Waals surface area contributed by atoms with Crippen LogP contribution in [0.25, 0.3) is 10.2 Å². The zero-order valence-electron chi connectivity index (χ0n) is 10.5. The molecule has 0 saturated carbocycles. The third-order valence-corrected chi connectivity index (χ3v) is 4.23. The summed E-state index contributed by atoms with van der Waals surface area (Å²) in [5.41, 5.74) is 6.37. The topological polar surface area (TPSA) is 75.4 Å². The molecule has 3 heterocycles. The zero-order chi connectivity index (χ0) is 13.2. The van der Waals surface area contributed by atoms with E-state index in [0.29, 0.717) is 13.1 Å². The summed E-state index contributed by atoms with van der Waals surface area (Å²) in [5, 5.41) is 2.02. The summed E-state index contributed by atoms with van der Waals surface area (Å²) in [6.07, 6.45) is 1.60. The maximum Gasteiger partial charge on any atom is 0.236 e. The lowest BCUT2D eigenvalue weighted by atomic mass is 10.3. The highest BCUT2D eigenvalue weighted by Gasteiger charge is 2.22. The number of carbonyl (C=O) groups excluding carboxylic acids is 1. The first kappa shape index (κ1) is 12.3. The number of hydrogen-bond donors (Lipinski definition) is 1. The average Bonchev–Trinajstić information content (AvgIpc) is 2.95. The lowest BCUT2D eigenvalue weighted by Gasteiger charge is -2.35. The van der Waals surface area contributed by atoms with Crippen molar-refractivity contribution in [1.29, 1.82) is 0 Å². The van der Waals surface area contributed by atoms with Crippen LogP contribution in [0.2, 0.25) is 0 Å². The van der Waals surface area contributed by atoms with Gasteiger partial charge in [-0.15, -0.1) is 11.3 Å². The minimum atomic E-state index is 0.0172. The van der Waals surface area contributed by atoms with E-state index in [9.17, 15) is 4.79 Å². The average molecular weight is 277 g/mol. The van der Waals surface area contributed by atoms with Gasteiger partial charge in [-0.3, -0.25) is 4.79 Å². The number of thiophene rings is 1. The molecular formula is C12H15N5OS. The van der Waals surface area contributed by atoms with Gasteiger partial charge in [-0.25, -0.2) is 9.97 Å². The van der Waals surface area contributed by atoms with E-state index in [1.54, 1.807) is 17.7 Å². The van der Waals surface area contributed by atoms with Crippen LogP contribution in [0.15, 0.2) is 17.8 Å². The normalized spacial score (nSPS) is 16.1. The first-order chi connectivity index (χ1) is 9.29. The molecule has 2 aromatic rings. The summed E-state index contributed by atoms with van der Waals surface area (Å²) in [5.74, 6) is 0.989. The first-order valence-corrected chi connectivity index (χ1v) is 7.08. The van der Waals surface area contributed by atoms with E-state index in [1.165, 1.54) is 0 Å². The number of piperazine rings is 1. The summed E-state index contributed by atoms with van der Waals surface area (Å²) in [4.78, 5) is 24.2. The summed E-state index contributed by atoms with van der Waals surface area (Å²) in [7, 11) is 0. The van der Waals surface area contributed by atoms with Crippen LogP contribution in [0.1, 0.15) is 0 Å². The van der Waals surface area contributed by atoms with E-state index >= 15 is 0 Å². The van der Waals surface area contributed by atoms with E-state index < -0.39 is 0 Å². The fraction of sp³-hybridized carbons (Fsp3) is 0.417. The van der Waals surface area contributed by atoms with Crippen LogP contribution < -0.4 is 10.6 Å². The van der Waals surface area contributed by atoms with Gasteiger partial charge in [-0.2, -0.15) is 0 Å². The molecule has 1 aliphatic rings. The molecule has 1 aliphatic heterocycles. The number of aromatic nitrogens is 2. The Morgan fingerprint density at radius 1 is 1.32 bits per heavy atom. The van der Waals surface area contributed by atoms with Crippen LogP contribution in [0, 0.1) is 0 Å². The van der Waals surface area contributed by atoms with Gasteiger partial charge < -0.3 is 15.5 Å². The monoisotopic (exact) mass is 277 g/mol. The largest absolute Gasteiger partial charge is 0.352 e. The molecule has 0 bridgehead atoms. The van der Waals surface area contributed by atoms with Crippen molar-refractivity contribution in [1.82, 2.24) is 14.9 Å². The second-order valence-electron chi connectivity index (χ2n) is 4.40. The highest BCUT2D eigenvalue weighted by atomic mass is 32.1. The Balaban J connectivity index is 1.78. The van der Waals surface area contributed by atoms with Crippen molar-refractivity contribution in [2.45, 2.75) is 0 Å². The number of anilines is 1. The Kier molecular flexibility index (Phi) is 3.31. The fourth-order valence-electron chi connectivity index (χ4n) is 2.30. The molecular weight excluding hydrogens is 262 g/mol. The highest BCUT2D eigenvalue weighted by Crippen LogP contribution is 2.28. The molecule has 2 aromatic heterocycles. The quantitative estimate of drug-likeness (QED) is 0.854.